The monoisotopic (exact) mass is 342 g/mol. The summed E-state index contributed by atoms with van der Waals surface area (Å²) in [4.78, 5) is 35.8. The molecule has 0 aliphatic carbocycles. The van der Waals surface area contributed by atoms with E-state index in [0.717, 1.165) is 10.5 Å². The van der Waals surface area contributed by atoms with Gasteiger partial charge in [-0.05, 0) is 29.8 Å². The maximum Gasteiger partial charge on any atom is 0.410 e. The van der Waals surface area contributed by atoms with Gasteiger partial charge in [0, 0.05) is 12.7 Å². The molecule has 7 heteroatoms. The predicted octanol–water partition coefficient (Wildman–Crippen LogP) is 2.59. The molecule has 130 valence electrons. The fraction of sp³-hybridized carbons (Fsp3) is 0.167. The number of hydrogen-bond donors (Lipinski definition) is 2. The van der Waals surface area contributed by atoms with Gasteiger partial charge in [-0.15, -0.1) is 0 Å². The average Bonchev–Trinajstić information content (AvgIpc) is 2.60. The van der Waals surface area contributed by atoms with E-state index in [9.17, 15) is 14.4 Å². The van der Waals surface area contributed by atoms with Gasteiger partial charge in [0.15, 0.2) is 0 Å². The number of carbonyl (C=O) groups excluding carboxylic acids is 2. The number of benzene rings is 2. The minimum absolute atomic E-state index is 0.125. The summed E-state index contributed by atoms with van der Waals surface area (Å²) < 4.78 is 5.12. The zero-order valence-electron chi connectivity index (χ0n) is 13.6. The number of hydrogen-bond acceptors (Lipinski definition) is 4. The highest BCUT2D eigenvalue weighted by atomic mass is 16.6. The lowest BCUT2D eigenvalue weighted by Crippen LogP contribution is -2.35. The van der Waals surface area contributed by atoms with Crippen LogP contribution in [0.2, 0.25) is 0 Å². The number of carboxylic acids is 1. The first kappa shape index (κ1) is 18.0. The summed E-state index contributed by atoms with van der Waals surface area (Å²) in [6.07, 6.45) is -0.611. The van der Waals surface area contributed by atoms with Crippen molar-refractivity contribution in [3.8, 4) is 0 Å². The lowest BCUT2D eigenvalue weighted by molar-refractivity contribution is -0.116. The first-order chi connectivity index (χ1) is 12.0. The second kappa shape index (κ2) is 8.49. The van der Waals surface area contributed by atoms with Crippen LogP contribution in [0.5, 0.6) is 0 Å². The summed E-state index contributed by atoms with van der Waals surface area (Å²) >= 11 is 0. The van der Waals surface area contributed by atoms with E-state index in [4.69, 9.17) is 9.84 Å². The van der Waals surface area contributed by atoms with Crippen molar-refractivity contribution in [2.24, 2.45) is 0 Å². The van der Waals surface area contributed by atoms with E-state index in [-0.39, 0.29) is 18.7 Å². The Kier molecular flexibility index (Phi) is 6.11. The zero-order chi connectivity index (χ0) is 18.2. The number of nitrogens with zero attached hydrogens (tertiary/aromatic N) is 1. The second-order valence-electron chi connectivity index (χ2n) is 5.33. The molecular weight excluding hydrogens is 324 g/mol. The minimum Gasteiger partial charge on any atom is -0.478 e. The number of anilines is 1. The number of nitrogens with one attached hydrogen (secondary N) is 1. The third-order valence-electron chi connectivity index (χ3n) is 3.31. The topological polar surface area (TPSA) is 95.9 Å². The highest BCUT2D eigenvalue weighted by Gasteiger charge is 2.14. The van der Waals surface area contributed by atoms with Gasteiger partial charge in [0.2, 0.25) is 5.91 Å². The van der Waals surface area contributed by atoms with E-state index in [2.05, 4.69) is 5.32 Å². The quantitative estimate of drug-likeness (QED) is 0.841. The Morgan fingerprint density at radius 3 is 2.28 bits per heavy atom. The number of ether oxygens (including phenoxy) is 1. The van der Waals surface area contributed by atoms with Crippen molar-refractivity contribution in [2.75, 3.05) is 18.9 Å². The number of carbonyl (C=O) groups is 3. The van der Waals surface area contributed by atoms with Crippen molar-refractivity contribution in [2.45, 2.75) is 6.61 Å². The molecule has 0 unspecified atom stereocenters. The van der Waals surface area contributed by atoms with E-state index in [1.165, 1.54) is 31.3 Å². The van der Waals surface area contributed by atoms with Crippen molar-refractivity contribution in [3.05, 3.63) is 65.7 Å². The number of rotatable bonds is 6. The first-order valence-corrected chi connectivity index (χ1v) is 7.50. The van der Waals surface area contributed by atoms with Gasteiger partial charge in [-0.3, -0.25) is 4.79 Å². The van der Waals surface area contributed by atoms with E-state index >= 15 is 0 Å². The van der Waals surface area contributed by atoms with Crippen LogP contribution in [-0.4, -0.2) is 41.6 Å². The molecule has 0 fully saturated rings. The van der Waals surface area contributed by atoms with Crippen molar-refractivity contribution in [1.29, 1.82) is 0 Å². The number of carboxylic acid groups (broad SMARTS) is 1. The van der Waals surface area contributed by atoms with Gasteiger partial charge >= 0.3 is 12.1 Å². The summed E-state index contributed by atoms with van der Waals surface area (Å²) in [6.45, 7) is -0.0589. The lowest BCUT2D eigenvalue weighted by Gasteiger charge is -2.16. The predicted molar refractivity (Wildman–Crippen MR) is 91.3 cm³/mol. The molecule has 2 aromatic rings. The van der Waals surface area contributed by atoms with Gasteiger partial charge < -0.3 is 20.1 Å². The Morgan fingerprint density at radius 1 is 1.04 bits per heavy atom. The molecule has 0 aliphatic heterocycles. The Bertz CT molecular complexity index is 744. The first-order valence-electron chi connectivity index (χ1n) is 7.50. The fourth-order valence-electron chi connectivity index (χ4n) is 2.01. The molecule has 0 radical (unpaired) electrons. The van der Waals surface area contributed by atoms with E-state index in [1.807, 2.05) is 30.3 Å². The summed E-state index contributed by atoms with van der Waals surface area (Å²) in [6, 6.07) is 15.0. The van der Waals surface area contributed by atoms with Gasteiger partial charge in [0.05, 0.1) is 5.56 Å². The molecule has 2 aromatic carbocycles. The summed E-state index contributed by atoms with van der Waals surface area (Å²) in [5.74, 6) is -1.46. The highest BCUT2D eigenvalue weighted by molar-refractivity contribution is 5.94. The molecule has 2 rings (SSSR count). The van der Waals surface area contributed by atoms with E-state index in [1.54, 1.807) is 0 Å². The summed E-state index contributed by atoms with van der Waals surface area (Å²) in [5.41, 5.74) is 1.42. The summed E-state index contributed by atoms with van der Waals surface area (Å²) in [5, 5.41) is 11.4. The molecule has 2 amide bonds. The van der Waals surface area contributed by atoms with Crippen molar-refractivity contribution in [3.63, 3.8) is 0 Å². The normalized spacial score (nSPS) is 9.96. The third kappa shape index (κ3) is 5.65. The smallest absolute Gasteiger partial charge is 0.410 e. The van der Waals surface area contributed by atoms with Crippen LogP contribution in [0.1, 0.15) is 15.9 Å². The van der Waals surface area contributed by atoms with E-state index < -0.39 is 18.0 Å². The summed E-state index contributed by atoms with van der Waals surface area (Å²) in [7, 11) is 1.46. The molecule has 0 spiro atoms. The molecule has 25 heavy (non-hydrogen) atoms. The van der Waals surface area contributed by atoms with Crippen LogP contribution in [0.15, 0.2) is 54.6 Å². The Balaban J connectivity index is 1.80. The molecule has 0 saturated carbocycles. The van der Waals surface area contributed by atoms with Crippen LogP contribution in [0.25, 0.3) is 0 Å². The number of aromatic carboxylic acids is 1. The van der Waals surface area contributed by atoms with Crippen LogP contribution in [0, 0.1) is 0 Å². The van der Waals surface area contributed by atoms with Crippen molar-refractivity contribution >= 4 is 23.7 Å². The van der Waals surface area contributed by atoms with Crippen LogP contribution >= 0.6 is 0 Å². The fourth-order valence-corrected chi connectivity index (χ4v) is 2.01. The lowest BCUT2D eigenvalue weighted by atomic mass is 10.2. The number of likely N-dealkylation sites (N-methyl/N-ethyl adjacent to an activating group) is 1. The maximum atomic E-state index is 11.9. The van der Waals surface area contributed by atoms with Crippen molar-refractivity contribution < 1.29 is 24.2 Å². The molecule has 0 aromatic heterocycles. The molecule has 0 saturated heterocycles. The molecule has 2 N–H and O–H groups in total. The highest BCUT2D eigenvalue weighted by Crippen LogP contribution is 2.10. The Hall–Kier alpha value is -3.35. The Morgan fingerprint density at radius 2 is 1.68 bits per heavy atom. The van der Waals surface area contributed by atoms with Gasteiger partial charge in [0.1, 0.15) is 13.2 Å². The third-order valence-corrected chi connectivity index (χ3v) is 3.31. The molecule has 0 bridgehead atoms. The SMILES string of the molecule is CN(CC(=O)Nc1ccc(C(=O)O)cc1)C(=O)OCc1ccccc1. The molecule has 0 aliphatic rings. The molecular formula is C18H18N2O5. The molecule has 0 atom stereocenters. The minimum atomic E-state index is -1.04. The van der Waals surface area contributed by atoms with Crippen LogP contribution in [-0.2, 0) is 16.1 Å². The zero-order valence-corrected chi connectivity index (χ0v) is 13.6. The van der Waals surface area contributed by atoms with Crippen LogP contribution < -0.4 is 5.32 Å². The van der Waals surface area contributed by atoms with Crippen LogP contribution in [0.3, 0.4) is 0 Å². The van der Waals surface area contributed by atoms with Gasteiger partial charge in [-0.1, -0.05) is 30.3 Å². The van der Waals surface area contributed by atoms with Crippen LogP contribution in [0.4, 0.5) is 10.5 Å². The Labute approximate surface area is 144 Å². The standard InChI is InChI=1S/C18H18N2O5/c1-20(18(24)25-12-13-5-3-2-4-6-13)11-16(21)19-15-9-7-14(8-10-15)17(22)23/h2-10H,11-12H2,1H3,(H,19,21)(H,22,23). The van der Waals surface area contributed by atoms with Gasteiger partial charge in [-0.25, -0.2) is 9.59 Å². The molecule has 7 nitrogen and oxygen atoms in total. The average molecular weight is 342 g/mol. The molecule has 0 heterocycles. The largest absolute Gasteiger partial charge is 0.478 e. The maximum absolute atomic E-state index is 11.9. The second-order valence-corrected chi connectivity index (χ2v) is 5.33. The van der Waals surface area contributed by atoms with Gasteiger partial charge in [-0.2, -0.15) is 0 Å². The van der Waals surface area contributed by atoms with Gasteiger partial charge in [0.25, 0.3) is 0 Å². The number of amides is 2. The van der Waals surface area contributed by atoms with Crippen molar-refractivity contribution in [1.82, 2.24) is 4.90 Å². The van der Waals surface area contributed by atoms with E-state index in [0.29, 0.717) is 5.69 Å².